The molecule has 2 N–H and O–H groups in total. The summed E-state index contributed by atoms with van der Waals surface area (Å²) in [6, 6.07) is 0. The lowest BCUT2D eigenvalue weighted by Gasteiger charge is -1.96. The standard InChI is InChI=1S/C10H12N7/c1-16-4-6(3-14-16)8-7-9(11)12-5-13-10(7)17(2)15-8/h3,5H,4H2,1-2H3,(H2,11,12,13)/q+1. The van der Waals surface area contributed by atoms with E-state index in [2.05, 4.69) is 20.2 Å². The highest BCUT2D eigenvalue weighted by molar-refractivity contribution is 5.95. The molecule has 0 spiro atoms. The molecule has 2 aromatic heterocycles. The third kappa shape index (κ3) is 1.39. The Hall–Kier alpha value is -2.31. The Morgan fingerprint density at radius 2 is 2.24 bits per heavy atom. The number of aryl methyl sites for hydroxylation is 1. The van der Waals surface area contributed by atoms with Gasteiger partial charge in [-0.2, -0.15) is 5.10 Å². The van der Waals surface area contributed by atoms with E-state index in [1.54, 1.807) is 10.9 Å². The molecule has 0 radical (unpaired) electrons. The van der Waals surface area contributed by atoms with Crippen LogP contribution in [0.5, 0.6) is 0 Å². The number of nitrogens with two attached hydrogens (primary N) is 1. The number of azo groups is 2. The van der Waals surface area contributed by atoms with Gasteiger partial charge in [-0.05, 0) is 5.11 Å². The van der Waals surface area contributed by atoms with Crippen LogP contribution < -0.4 is 5.73 Å². The highest BCUT2D eigenvalue weighted by atomic mass is 15.3. The van der Waals surface area contributed by atoms with E-state index in [9.17, 15) is 0 Å². The second-order valence-corrected chi connectivity index (χ2v) is 4.02. The number of rotatable bonds is 1. The molecule has 7 heteroatoms. The Balaban J connectivity index is 2.25. The molecule has 0 fully saturated rings. The lowest BCUT2D eigenvalue weighted by Crippen LogP contribution is -2.02. The van der Waals surface area contributed by atoms with E-state index >= 15 is 0 Å². The molecule has 0 aromatic carbocycles. The highest BCUT2D eigenvalue weighted by Gasteiger charge is 2.22. The Kier molecular flexibility index (Phi) is 1.94. The van der Waals surface area contributed by atoms with Crippen molar-refractivity contribution in [3.63, 3.8) is 0 Å². The van der Waals surface area contributed by atoms with Crippen molar-refractivity contribution in [3.05, 3.63) is 18.2 Å². The molecule has 3 rings (SSSR count). The minimum absolute atomic E-state index is 0.452. The number of hydrogen-bond donors (Lipinski definition) is 1. The highest BCUT2D eigenvalue weighted by Crippen LogP contribution is 2.27. The predicted octanol–water partition coefficient (Wildman–Crippen LogP) is 0.394. The van der Waals surface area contributed by atoms with Crippen molar-refractivity contribution in [1.29, 1.82) is 0 Å². The summed E-state index contributed by atoms with van der Waals surface area (Å²) < 4.78 is 3.55. The van der Waals surface area contributed by atoms with E-state index in [1.165, 1.54) is 6.33 Å². The summed E-state index contributed by atoms with van der Waals surface area (Å²) >= 11 is 0. The predicted molar refractivity (Wildman–Crippen MR) is 62.2 cm³/mol. The normalized spacial score (nSPS) is 15.2. The first-order valence-corrected chi connectivity index (χ1v) is 5.21. The average molecular weight is 230 g/mol. The fourth-order valence-electron chi connectivity index (χ4n) is 1.97. The monoisotopic (exact) mass is 230 g/mol. The third-order valence-corrected chi connectivity index (χ3v) is 2.76. The number of likely N-dealkylation sites (N-methyl/N-ethyl adjacent to an activating group) is 1. The van der Waals surface area contributed by atoms with Gasteiger partial charge in [-0.3, -0.25) is 0 Å². The largest absolute Gasteiger partial charge is 0.383 e. The van der Waals surface area contributed by atoms with E-state index in [-0.39, 0.29) is 0 Å². The van der Waals surface area contributed by atoms with Crippen molar-refractivity contribution < 1.29 is 4.70 Å². The van der Waals surface area contributed by atoms with Gasteiger partial charge in [-0.15, -0.1) is 4.70 Å². The zero-order chi connectivity index (χ0) is 12.0. The van der Waals surface area contributed by atoms with Crippen LogP contribution >= 0.6 is 0 Å². The molecule has 0 aliphatic carbocycles. The molecule has 3 heterocycles. The summed E-state index contributed by atoms with van der Waals surface area (Å²) in [7, 11) is 3.75. The molecular formula is C10H12N7+. The second kappa shape index (κ2) is 3.34. The summed E-state index contributed by atoms with van der Waals surface area (Å²) in [6.45, 7) is 0.723. The maximum Gasteiger partial charge on any atom is 0.197 e. The van der Waals surface area contributed by atoms with Crippen LogP contribution in [0.2, 0.25) is 0 Å². The molecule has 7 nitrogen and oxygen atoms in total. The van der Waals surface area contributed by atoms with Gasteiger partial charge >= 0.3 is 0 Å². The third-order valence-electron chi connectivity index (χ3n) is 2.76. The smallest absolute Gasteiger partial charge is 0.197 e. The van der Waals surface area contributed by atoms with Crippen molar-refractivity contribution in [2.24, 2.45) is 12.2 Å². The number of hydrogen-bond acceptors (Lipinski definition) is 5. The Bertz CT molecular complexity index is 665. The molecule has 0 bridgehead atoms. The van der Waals surface area contributed by atoms with Gasteiger partial charge in [0.25, 0.3) is 0 Å². The lowest BCUT2D eigenvalue weighted by molar-refractivity contribution is -0.545. The first-order chi connectivity index (χ1) is 8.16. The lowest BCUT2D eigenvalue weighted by atomic mass is 10.1. The molecule has 0 unspecified atom stereocenters. The van der Waals surface area contributed by atoms with Crippen molar-refractivity contribution in [2.45, 2.75) is 0 Å². The van der Waals surface area contributed by atoms with E-state index in [4.69, 9.17) is 5.73 Å². The van der Waals surface area contributed by atoms with Gasteiger partial charge in [0.1, 0.15) is 24.0 Å². The van der Waals surface area contributed by atoms with Crippen LogP contribution in [0, 0.1) is 0 Å². The molecule has 0 amide bonds. The Morgan fingerprint density at radius 1 is 1.41 bits per heavy atom. The van der Waals surface area contributed by atoms with E-state index in [0.717, 1.165) is 28.8 Å². The Labute approximate surface area is 97.3 Å². The van der Waals surface area contributed by atoms with Crippen molar-refractivity contribution in [3.8, 4) is 0 Å². The molecule has 1 aliphatic heterocycles. The fourth-order valence-corrected chi connectivity index (χ4v) is 1.97. The summed E-state index contributed by atoms with van der Waals surface area (Å²) in [5.74, 6) is 0.452. The molecule has 2 aromatic rings. The number of nitrogen functional groups attached to an aromatic ring is 1. The average Bonchev–Trinajstić information content (AvgIpc) is 2.85. The molecule has 0 atom stereocenters. The van der Waals surface area contributed by atoms with Crippen LogP contribution in [-0.4, -0.2) is 38.0 Å². The topological polar surface area (TPSA) is 85.0 Å². The van der Waals surface area contributed by atoms with Gasteiger partial charge in [0.05, 0.1) is 11.0 Å². The van der Waals surface area contributed by atoms with Gasteiger partial charge in [0.15, 0.2) is 19.2 Å². The van der Waals surface area contributed by atoms with Crippen LogP contribution in [0.1, 0.15) is 5.69 Å². The molecule has 86 valence electrons. The van der Waals surface area contributed by atoms with Crippen LogP contribution in [-0.2, 0) is 7.05 Å². The van der Waals surface area contributed by atoms with Gasteiger partial charge < -0.3 is 5.73 Å². The van der Waals surface area contributed by atoms with Crippen molar-refractivity contribution in [2.75, 3.05) is 19.3 Å². The van der Waals surface area contributed by atoms with Crippen molar-refractivity contribution >= 4 is 22.4 Å². The van der Waals surface area contributed by atoms with Gasteiger partial charge in [0, 0.05) is 7.05 Å². The summed E-state index contributed by atoms with van der Waals surface area (Å²) in [5, 5.41) is 9.42. The Morgan fingerprint density at radius 3 is 2.94 bits per heavy atom. The molecule has 0 saturated heterocycles. The quantitative estimate of drug-likeness (QED) is 0.718. The van der Waals surface area contributed by atoms with E-state index in [0.29, 0.717) is 5.82 Å². The van der Waals surface area contributed by atoms with E-state index in [1.807, 2.05) is 18.8 Å². The molecule has 1 aliphatic rings. The molecule has 0 saturated carbocycles. The van der Waals surface area contributed by atoms with Gasteiger partial charge in [-0.25, -0.2) is 14.6 Å². The zero-order valence-electron chi connectivity index (χ0n) is 9.62. The van der Waals surface area contributed by atoms with Gasteiger partial charge in [-0.1, -0.05) is 0 Å². The number of nitrogens with zero attached hydrogens (tertiary/aromatic N) is 6. The number of aromatic nitrogens is 4. The number of anilines is 1. The van der Waals surface area contributed by atoms with Crippen LogP contribution in [0.3, 0.4) is 0 Å². The van der Waals surface area contributed by atoms with Gasteiger partial charge in [0.2, 0.25) is 0 Å². The van der Waals surface area contributed by atoms with Crippen LogP contribution in [0.4, 0.5) is 5.82 Å². The van der Waals surface area contributed by atoms with Crippen LogP contribution in [0.15, 0.2) is 17.6 Å². The zero-order valence-corrected chi connectivity index (χ0v) is 9.62. The van der Waals surface area contributed by atoms with E-state index < -0.39 is 0 Å². The fraction of sp³-hybridized carbons (Fsp3) is 0.300. The second-order valence-electron chi connectivity index (χ2n) is 4.02. The SMILES string of the molecule is Cn1nc(C2=CN=[N+](C)C2)c2c(N)ncnc21. The minimum Gasteiger partial charge on any atom is -0.383 e. The maximum absolute atomic E-state index is 5.90. The van der Waals surface area contributed by atoms with Crippen LogP contribution in [0.25, 0.3) is 16.6 Å². The summed E-state index contributed by atoms with van der Waals surface area (Å²) in [5.41, 5.74) is 8.48. The maximum atomic E-state index is 5.90. The molecular weight excluding hydrogens is 218 g/mol. The number of fused-ring (bicyclic) bond motifs is 1. The summed E-state index contributed by atoms with van der Waals surface area (Å²) in [6.07, 6.45) is 3.25. The minimum atomic E-state index is 0.452. The summed E-state index contributed by atoms with van der Waals surface area (Å²) in [4.78, 5) is 8.20. The van der Waals surface area contributed by atoms with Crippen molar-refractivity contribution in [1.82, 2.24) is 19.7 Å². The first kappa shape index (κ1) is 9.88. The molecule has 17 heavy (non-hydrogen) atoms. The first-order valence-electron chi connectivity index (χ1n) is 5.21.